The molecule has 1 aliphatic rings. The van der Waals surface area contributed by atoms with Crippen LogP contribution < -0.4 is 20.1 Å². The van der Waals surface area contributed by atoms with Crippen molar-refractivity contribution in [2.45, 2.75) is 0 Å². The number of benzene rings is 2. The minimum atomic E-state index is 0.238. The third-order valence-corrected chi connectivity index (χ3v) is 4.03. The molecule has 0 saturated carbocycles. The second kappa shape index (κ2) is 6.66. The van der Waals surface area contributed by atoms with Gasteiger partial charge in [-0.25, -0.2) is 4.98 Å². The van der Waals surface area contributed by atoms with E-state index in [1.54, 1.807) is 30.5 Å². The standard InChI is InChI=1S/C17H12Cl2N4O2/c18-10-1-3-13(12(19)7-10)22-17-20-6-5-16(23-17)21-11-2-4-14-15(8-11)25-9-24-14/h1-8H,9H2,(H2,20,21,22,23). The minimum absolute atomic E-state index is 0.238. The lowest BCUT2D eigenvalue weighted by Gasteiger charge is -2.10. The third-order valence-electron chi connectivity index (χ3n) is 3.48. The molecule has 0 atom stereocenters. The summed E-state index contributed by atoms with van der Waals surface area (Å²) in [4.78, 5) is 8.62. The van der Waals surface area contributed by atoms with E-state index >= 15 is 0 Å². The molecule has 0 spiro atoms. The molecule has 2 heterocycles. The predicted molar refractivity (Wildman–Crippen MR) is 97.6 cm³/mol. The van der Waals surface area contributed by atoms with Crippen LogP contribution in [0.2, 0.25) is 10.0 Å². The molecule has 126 valence electrons. The van der Waals surface area contributed by atoms with Crippen molar-refractivity contribution in [2.75, 3.05) is 17.4 Å². The fraction of sp³-hybridized carbons (Fsp3) is 0.0588. The van der Waals surface area contributed by atoms with Crippen molar-refractivity contribution in [1.82, 2.24) is 9.97 Å². The van der Waals surface area contributed by atoms with E-state index < -0.39 is 0 Å². The molecule has 1 aliphatic heterocycles. The second-order valence-corrected chi connectivity index (χ2v) is 6.05. The smallest absolute Gasteiger partial charge is 0.231 e. The van der Waals surface area contributed by atoms with Gasteiger partial charge < -0.3 is 20.1 Å². The molecule has 0 amide bonds. The highest BCUT2D eigenvalue weighted by molar-refractivity contribution is 6.36. The van der Waals surface area contributed by atoms with Crippen LogP contribution in [0.4, 0.5) is 23.1 Å². The third kappa shape index (κ3) is 3.55. The van der Waals surface area contributed by atoms with E-state index in [0.29, 0.717) is 33.2 Å². The Morgan fingerprint density at radius 2 is 1.80 bits per heavy atom. The van der Waals surface area contributed by atoms with E-state index in [1.807, 2.05) is 18.2 Å². The van der Waals surface area contributed by atoms with Crippen LogP contribution >= 0.6 is 23.2 Å². The fourth-order valence-electron chi connectivity index (χ4n) is 2.32. The number of nitrogens with one attached hydrogen (secondary N) is 2. The van der Waals surface area contributed by atoms with Crippen LogP contribution in [0.5, 0.6) is 11.5 Å². The first-order valence-electron chi connectivity index (χ1n) is 7.39. The number of halogens is 2. The van der Waals surface area contributed by atoms with Crippen molar-refractivity contribution in [3.8, 4) is 11.5 Å². The molecule has 8 heteroatoms. The quantitative estimate of drug-likeness (QED) is 0.669. The van der Waals surface area contributed by atoms with Crippen LogP contribution in [-0.4, -0.2) is 16.8 Å². The summed E-state index contributed by atoms with van der Waals surface area (Å²) in [6.07, 6.45) is 1.65. The largest absolute Gasteiger partial charge is 0.454 e. The predicted octanol–water partition coefficient (Wildman–Crippen LogP) is 5.00. The van der Waals surface area contributed by atoms with Gasteiger partial charge in [-0.3, -0.25) is 0 Å². The summed E-state index contributed by atoms with van der Waals surface area (Å²) in [5.41, 5.74) is 1.50. The van der Waals surface area contributed by atoms with Crippen molar-refractivity contribution in [2.24, 2.45) is 0 Å². The number of fused-ring (bicyclic) bond motifs is 1. The highest BCUT2D eigenvalue weighted by atomic mass is 35.5. The number of nitrogens with zero attached hydrogens (tertiary/aromatic N) is 2. The van der Waals surface area contributed by atoms with Gasteiger partial charge in [0, 0.05) is 23.0 Å². The Labute approximate surface area is 153 Å². The van der Waals surface area contributed by atoms with Gasteiger partial charge in [-0.1, -0.05) is 23.2 Å². The minimum Gasteiger partial charge on any atom is -0.454 e. The van der Waals surface area contributed by atoms with E-state index in [4.69, 9.17) is 32.7 Å². The summed E-state index contributed by atoms with van der Waals surface area (Å²) < 4.78 is 10.7. The van der Waals surface area contributed by atoms with Crippen molar-refractivity contribution in [3.63, 3.8) is 0 Å². The molecule has 0 aliphatic carbocycles. The second-order valence-electron chi connectivity index (χ2n) is 5.21. The van der Waals surface area contributed by atoms with Gasteiger partial charge in [0.05, 0.1) is 10.7 Å². The molecular formula is C17H12Cl2N4O2. The highest BCUT2D eigenvalue weighted by Gasteiger charge is 2.13. The van der Waals surface area contributed by atoms with Crippen molar-refractivity contribution < 1.29 is 9.47 Å². The number of hydrogen-bond acceptors (Lipinski definition) is 6. The lowest BCUT2D eigenvalue weighted by atomic mass is 10.3. The van der Waals surface area contributed by atoms with Crippen LogP contribution in [0.3, 0.4) is 0 Å². The van der Waals surface area contributed by atoms with E-state index in [2.05, 4.69) is 20.6 Å². The van der Waals surface area contributed by atoms with Crippen LogP contribution in [0.1, 0.15) is 0 Å². The Morgan fingerprint density at radius 3 is 2.68 bits per heavy atom. The average molecular weight is 375 g/mol. The molecule has 0 bridgehead atoms. The summed E-state index contributed by atoms with van der Waals surface area (Å²) in [6, 6.07) is 12.5. The SMILES string of the molecule is Clc1ccc(Nc2nccc(Nc3ccc4c(c3)OCO4)n2)c(Cl)c1. The van der Waals surface area contributed by atoms with E-state index in [-0.39, 0.29) is 6.79 Å². The van der Waals surface area contributed by atoms with E-state index in [0.717, 1.165) is 11.4 Å². The molecule has 0 fully saturated rings. The molecule has 3 aromatic rings. The first kappa shape index (κ1) is 15.8. The summed E-state index contributed by atoms with van der Waals surface area (Å²) in [5, 5.41) is 7.33. The van der Waals surface area contributed by atoms with Gasteiger partial charge in [0.1, 0.15) is 5.82 Å². The Balaban J connectivity index is 1.53. The maximum atomic E-state index is 6.16. The summed E-state index contributed by atoms with van der Waals surface area (Å²) >= 11 is 12.1. The van der Waals surface area contributed by atoms with Gasteiger partial charge in [-0.05, 0) is 36.4 Å². The zero-order valence-corrected chi connectivity index (χ0v) is 14.3. The van der Waals surface area contributed by atoms with Crippen molar-refractivity contribution in [1.29, 1.82) is 0 Å². The molecule has 4 rings (SSSR count). The van der Waals surface area contributed by atoms with Gasteiger partial charge in [-0.2, -0.15) is 4.98 Å². The lowest BCUT2D eigenvalue weighted by molar-refractivity contribution is 0.174. The molecule has 2 N–H and O–H groups in total. The molecule has 0 radical (unpaired) electrons. The first-order valence-corrected chi connectivity index (χ1v) is 8.15. The van der Waals surface area contributed by atoms with E-state index in [1.165, 1.54) is 0 Å². The lowest BCUT2D eigenvalue weighted by Crippen LogP contribution is -2.00. The van der Waals surface area contributed by atoms with Crippen LogP contribution in [0.25, 0.3) is 0 Å². The molecule has 25 heavy (non-hydrogen) atoms. The zero-order valence-electron chi connectivity index (χ0n) is 12.8. The van der Waals surface area contributed by atoms with Gasteiger partial charge in [0.25, 0.3) is 0 Å². The number of aromatic nitrogens is 2. The Bertz CT molecular complexity index is 936. The normalized spacial score (nSPS) is 12.1. The molecule has 6 nitrogen and oxygen atoms in total. The maximum Gasteiger partial charge on any atom is 0.231 e. The molecular weight excluding hydrogens is 363 g/mol. The van der Waals surface area contributed by atoms with Crippen LogP contribution in [0.15, 0.2) is 48.7 Å². The fourth-order valence-corrected chi connectivity index (χ4v) is 2.78. The Hall–Kier alpha value is -2.70. The van der Waals surface area contributed by atoms with Gasteiger partial charge in [-0.15, -0.1) is 0 Å². The zero-order chi connectivity index (χ0) is 17.2. The van der Waals surface area contributed by atoms with Gasteiger partial charge in [0.15, 0.2) is 11.5 Å². The van der Waals surface area contributed by atoms with Gasteiger partial charge in [0.2, 0.25) is 12.7 Å². The topological polar surface area (TPSA) is 68.3 Å². The summed E-state index contributed by atoms with van der Waals surface area (Å²) in [7, 11) is 0. The Morgan fingerprint density at radius 1 is 0.920 bits per heavy atom. The van der Waals surface area contributed by atoms with Crippen molar-refractivity contribution in [3.05, 3.63) is 58.7 Å². The molecule has 0 unspecified atom stereocenters. The number of hydrogen-bond donors (Lipinski definition) is 2. The van der Waals surface area contributed by atoms with Gasteiger partial charge >= 0.3 is 0 Å². The maximum absolute atomic E-state index is 6.16. The first-order chi connectivity index (χ1) is 12.2. The number of ether oxygens (including phenoxy) is 2. The Kier molecular flexibility index (Phi) is 4.21. The summed E-state index contributed by atoms with van der Waals surface area (Å²) in [6.45, 7) is 0.238. The van der Waals surface area contributed by atoms with Crippen LogP contribution in [0, 0.1) is 0 Å². The monoisotopic (exact) mass is 374 g/mol. The van der Waals surface area contributed by atoms with Crippen molar-refractivity contribution >= 4 is 46.3 Å². The molecule has 2 aromatic carbocycles. The van der Waals surface area contributed by atoms with E-state index in [9.17, 15) is 0 Å². The molecule has 1 aromatic heterocycles. The summed E-state index contributed by atoms with van der Waals surface area (Å²) in [5.74, 6) is 2.47. The van der Waals surface area contributed by atoms with Crippen LogP contribution in [-0.2, 0) is 0 Å². The number of anilines is 4. The average Bonchev–Trinajstić information content (AvgIpc) is 3.05. The molecule has 0 saturated heterocycles. The highest BCUT2D eigenvalue weighted by Crippen LogP contribution is 2.35. The number of rotatable bonds is 4.